The normalized spacial score (nSPS) is 10.7. The fourth-order valence-corrected chi connectivity index (χ4v) is 4.53. The van der Waals surface area contributed by atoms with Crippen LogP contribution in [0, 0.1) is 0 Å². The smallest absolute Gasteiger partial charge is 0.258 e. The number of rotatable bonds is 7. The Morgan fingerprint density at radius 2 is 2.08 bits per heavy atom. The number of hydrogen-bond donors (Lipinski definition) is 1. The summed E-state index contributed by atoms with van der Waals surface area (Å²) in [6, 6.07) is 11.3. The first-order chi connectivity index (χ1) is 11.8. The van der Waals surface area contributed by atoms with Crippen molar-refractivity contribution in [1.29, 1.82) is 0 Å². The number of carbonyl (C=O) groups excluding carboxylic acids is 1. The molecule has 0 unspecified atom stereocenters. The van der Waals surface area contributed by atoms with Gasteiger partial charge in [0.05, 0.1) is 17.6 Å². The van der Waals surface area contributed by atoms with Gasteiger partial charge in [0.15, 0.2) is 4.34 Å². The summed E-state index contributed by atoms with van der Waals surface area (Å²) >= 11 is 4.56. The summed E-state index contributed by atoms with van der Waals surface area (Å²) in [6.45, 7) is 2.05. The third-order valence-corrected chi connectivity index (χ3v) is 5.93. The van der Waals surface area contributed by atoms with Crippen LogP contribution in [0.4, 0.5) is 5.13 Å². The van der Waals surface area contributed by atoms with Gasteiger partial charge in [-0.1, -0.05) is 42.2 Å². The Balaban J connectivity index is 1.69. The maximum atomic E-state index is 12.5. The molecule has 3 aromatic rings. The molecule has 2 heterocycles. The van der Waals surface area contributed by atoms with E-state index in [-0.39, 0.29) is 5.91 Å². The quantitative estimate of drug-likeness (QED) is 0.472. The van der Waals surface area contributed by atoms with E-state index in [0.717, 1.165) is 20.7 Å². The third kappa shape index (κ3) is 4.40. The molecule has 0 bridgehead atoms. The number of aromatic nitrogens is 2. The molecule has 0 saturated heterocycles. The van der Waals surface area contributed by atoms with Crippen LogP contribution in [0.5, 0.6) is 0 Å². The van der Waals surface area contributed by atoms with Gasteiger partial charge < -0.3 is 4.42 Å². The molecule has 1 aromatic carbocycles. The van der Waals surface area contributed by atoms with Gasteiger partial charge in [0.2, 0.25) is 5.13 Å². The van der Waals surface area contributed by atoms with Gasteiger partial charge in [-0.25, -0.2) is 0 Å². The highest BCUT2D eigenvalue weighted by atomic mass is 32.2. The van der Waals surface area contributed by atoms with Crippen molar-refractivity contribution < 1.29 is 9.21 Å². The molecule has 1 amide bonds. The summed E-state index contributed by atoms with van der Waals surface area (Å²) < 4.78 is 6.19. The zero-order valence-electron chi connectivity index (χ0n) is 12.9. The molecule has 0 spiro atoms. The second kappa shape index (κ2) is 8.36. The Hall–Kier alpha value is -1.77. The summed E-state index contributed by atoms with van der Waals surface area (Å²) in [4.78, 5) is 13.4. The Labute approximate surface area is 152 Å². The molecule has 2 aromatic heterocycles. The number of benzene rings is 1. The van der Waals surface area contributed by atoms with E-state index < -0.39 is 0 Å². The zero-order valence-corrected chi connectivity index (χ0v) is 15.3. The second-order valence-electron chi connectivity index (χ2n) is 4.62. The van der Waals surface area contributed by atoms with Gasteiger partial charge in [-0.15, -0.1) is 22.0 Å². The van der Waals surface area contributed by atoms with Gasteiger partial charge in [-0.2, -0.15) is 0 Å². The maximum Gasteiger partial charge on any atom is 0.258 e. The van der Waals surface area contributed by atoms with Crippen LogP contribution in [-0.2, 0) is 5.75 Å². The number of furan rings is 1. The van der Waals surface area contributed by atoms with Crippen molar-refractivity contribution in [3.8, 4) is 0 Å². The Kier molecular flexibility index (Phi) is 5.95. The SMILES string of the molecule is CCSc1nnc(NC(=O)c2ccccc2SCc2ccco2)s1. The minimum absolute atomic E-state index is 0.179. The summed E-state index contributed by atoms with van der Waals surface area (Å²) in [7, 11) is 0. The van der Waals surface area contributed by atoms with Crippen molar-refractivity contribution in [1.82, 2.24) is 10.2 Å². The monoisotopic (exact) mass is 377 g/mol. The molecule has 124 valence electrons. The average Bonchev–Trinajstić information content (AvgIpc) is 3.25. The Morgan fingerprint density at radius 3 is 2.88 bits per heavy atom. The molecule has 0 atom stereocenters. The van der Waals surface area contributed by atoms with E-state index in [1.165, 1.54) is 11.3 Å². The van der Waals surface area contributed by atoms with Gasteiger partial charge in [0.1, 0.15) is 5.76 Å². The number of hydrogen-bond acceptors (Lipinski definition) is 7. The maximum absolute atomic E-state index is 12.5. The molecule has 1 N–H and O–H groups in total. The lowest BCUT2D eigenvalue weighted by Gasteiger charge is -2.07. The van der Waals surface area contributed by atoms with Crippen molar-refractivity contribution in [2.24, 2.45) is 0 Å². The van der Waals surface area contributed by atoms with Crippen molar-refractivity contribution >= 4 is 45.9 Å². The molecular formula is C16H15N3O2S3. The highest BCUT2D eigenvalue weighted by Gasteiger charge is 2.14. The van der Waals surface area contributed by atoms with Gasteiger partial charge in [-0.05, 0) is 30.0 Å². The van der Waals surface area contributed by atoms with E-state index >= 15 is 0 Å². The van der Waals surface area contributed by atoms with Crippen LogP contribution in [0.1, 0.15) is 23.0 Å². The average molecular weight is 378 g/mol. The molecule has 0 aliphatic rings. The molecule has 5 nitrogen and oxygen atoms in total. The molecular weight excluding hydrogens is 362 g/mol. The van der Waals surface area contributed by atoms with Crippen LogP contribution < -0.4 is 5.32 Å². The second-order valence-corrected chi connectivity index (χ2v) is 8.13. The number of nitrogens with one attached hydrogen (secondary N) is 1. The van der Waals surface area contributed by atoms with Gasteiger partial charge in [0.25, 0.3) is 5.91 Å². The number of carbonyl (C=O) groups is 1. The number of thioether (sulfide) groups is 2. The zero-order chi connectivity index (χ0) is 16.8. The fourth-order valence-electron chi connectivity index (χ4n) is 1.93. The highest BCUT2D eigenvalue weighted by molar-refractivity contribution is 8.01. The van der Waals surface area contributed by atoms with Crippen LogP contribution in [0.15, 0.2) is 56.3 Å². The first-order valence-corrected chi connectivity index (χ1v) is 10.1. The molecule has 0 saturated carbocycles. The number of anilines is 1. The molecule has 8 heteroatoms. The fraction of sp³-hybridized carbons (Fsp3) is 0.188. The standard InChI is InChI=1S/C16H15N3O2S3/c1-2-22-16-19-18-15(24-16)17-14(20)12-7-3-4-8-13(12)23-10-11-6-5-9-21-11/h3-9H,2,10H2,1H3,(H,17,18,20). The minimum Gasteiger partial charge on any atom is -0.468 e. The summed E-state index contributed by atoms with van der Waals surface area (Å²) in [5.41, 5.74) is 0.619. The molecule has 3 rings (SSSR count). The predicted octanol–water partition coefficient (Wildman–Crippen LogP) is 4.79. The summed E-state index contributed by atoms with van der Waals surface area (Å²) in [5.74, 6) is 2.30. The largest absolute Gasteiger partial charge is 0.468 e. The van der Waals surface area contributed by atoms with Crippen LogP contribution in [0.3, 0.4) is 0 Å². The Bertz CT molecular complexity index is 803. The molecule has 24 heavy (non-hydrogen) atoms. The van der Waals surface area contributed by atoms with E-state index in [2.05, 4.69) is 22.4 Å². The molecule has 0 aliphatic heterocycles. The van der Waals surface area contributed by atoms with Crippen LogP contribution in [-0.4, -0.2) is 21.9 Å². The minimum atomic E-state index is -0.179. The lowest BCUT2D eigenvalue weighted by Crippen LogP contribution is -2.12. The van der Waals surface area contributed by atoms with Crippen molar-refractivity contribution in [3.63, 3.8) is 0 Å². The van der Waals surface area contributed by atoms with E-state index in [1.54, 1.807) is 29.8 Å². The number of nitrogens with zero attached hydrogens (tertiary/aromatic N) is 2. The lowest BCUT2D eigenvalue weighted by molar-refractivity contribution is 0.102. The van der Waals surface area contributed by atoms with Crippen molar-refractivity contribution in [3.05, 3.63) is 54.0 Å². The molecule has 0 fully saturated rings. The first-order valence-electron chi connectivity index (χ1n) is 7.28. The van der Waals surface area contributed by atoms with Crippen LogP contribution >= 0.6 is 34.9 Å². The Morgan fingerprint density at radius 1 is 1.21 bits per heavy atom. The number of amides is 1. The van der Waals surface area contributed by atoms with Crippen molar-refractivity contribution in [2.45, 2.75) is 21.9 Å². The summed E-state index contributed by atoms with van der Waals surface area (Å²) in [6.07, 6.45) is 1.65. The van der Waals surface area contributed by atoms with Gasteiger partial charge >= 0.3 is 0 Å². The van der Waals surface area contributed by atoms with E-state index in [4.69, 9.17) is 4.42 Å². The molecule has 0 aliphatic carbocycles. The lowest BCUT2D eigenvalue weighted by atomic mass is 10.2. The first kappa shape index (κ1) is 17.1. The van der Waals surface area contributed by atoms with Gasteiger partial charge in [-0.3, -0.25) is 10.1 Å². The highest BCUT2D eigenvalue weighted by Crippen LogP contribution is 2.29. The van der Waals surface area contributed by atoms with E-state index in [1.807, 2.05) is 36.4 Å². The summed E-state index contributed by atoms with van der Waals surface area (Å²) in [5, 5.41) is 11.4. The van der Waals surface area contributed by atoms with Gasteiger partial charge in [0, 0.05) is 4.90 Å². The van der Waals surface area contributed by atoms with Crippen molar-refractivity contribution in [2.75, 3.05) is 11.1 Å². The molecule has 0 radical (unpaired) electrons. The van der Waals surface area contributed by atoms with Crippen LogP contribution in [0.25, 0.3) is 0 Å². The van der Waals surface area contributed by atoms with E-state index in [0.29, 0.717) is 16.4 Å². The van der Waals surface area contributed by atoms with Crippen LogP contribution in [0.2, 0.25) is 0 Å². The predicted molar refractivity (Wildman–Crippen MR) is 99.0 cm³/mol. The van der Waals surface area contributed by atoms with E-state index in [9.17, 15) is 4.79 Å². The third-order valence-electron chi connectivity index (χ3n) is 2.98. The topological polar surface area (TPSA) is 68.0 Å².